The summed E-state index contributed by atoms with van der Waals surface area (Å²) < 4.78 is 26.7. The topological polar surface area (TPSA) is 75.6 Å². The standard InChI is InChI=1S/C19H32O7/c1-16(2)19-5-4-18(26-20)14-17(19)15-25-13-12-24-11-10-23-9-8-22-7-6-21-3/h4-5,14,16,20H,6-13,15H2,1-3H3. The zero-order valence-corrected chi connectivity index (χ0v) is 16.1. The van der Waals surface area contributed by atoms with E-state index in [1.807, 2.05) is 6.07 Å². The van der Waals surface area contributed by atoms with Gasteiger partial charge in [0.25, 0.3) is 0 Å². The lowest BCUT2D eigenvalue weighted by atomic mass is 9.97. The average Bonchev–Trinajstić information content (AvgIpc) is 2.65. The SMILES string of the molecule is COCCOCCOCCOCCOCc1cc(OO)ccc1C(C)C. The molecule has 0 radical (unpaired) electrons. The first-order valence-corrected chi connectivity index (χ1v) is 8.93. The molecule has 0 fully saturated rings. The summed E-state index contributed by atoms with van der Waals surface area (Å²) in [6.07, 6.45) is 0. The molecule has 0 unspecified atom stereocenters. The van der Waals surface area contributed by atoms with Gasteiger partial charge in [0.15, 0.2) is 5.75 Å². The van der Waals surface area contributed by atoms with Crippen LogP contribution >= 0.6 is 0 Å². The minimum absolute atomic E-state index is 0.369. The van der Waals surface area contributed by atoms with E-state index in [1.165, 1.54) is 5.56 Å². The molecule has 0 saturated carbocycles. The van der Waals surface area contributed by atoms with Gasteiger partial charge in [0.2, 0.25) is 0 Å². The lowest BCUT2D eigenvalue weighted by molar-refractivity contribution is -0.137. The second-order valence-corrected chi connectivity index (χ2v) is 5.99. The quantitative estimate of drug-likeness (QED) is 0.272. The van der Waals surface area contributed by atoms with Crippen LogP contribution in [0.5, 0.6) is 5.75 Å². The zero-order chi connectivity index (χ0) is 19.0. The third kappa shape index (κ3) is 10.1. The summed E-state index contributed by atoms with van der Waals surface area (Å²) in [5.74, 6) is 0.779. The highest BCUT2D eigenvalue weighted by molar-refractivity contribution is 5.36. The molecule has 7 nitrogen and oxygen atoms in total. The van der Waals surface area contributed by atoms with Crippen LogP contribution in [0.3, 0.4) is 0 Å². The van der Waals surface area contributed by atoms with Gasteiger partial charge in [-0.05, 0) is 29.2 Å². The Bertz CT molecular complexity index is 465. The van der Waals surface area contributed by atoms with Crippen molar-refractivity contribution in [3.8, 4) is 5.75 Å². The van der Waals surface area contributed by atoms with Gasteiger partial charge in [-0.3, -0.25) is 0 Å². The van der Waals surface area contributed by atoms with Crippen molar-refractivity contribution in [1.82, 2.24) is 0 Å². The summed E-state index contributed by atoms with van der Waals surface area (Å²) in [5.41, 5.74) is 2.18. The van der Waals surface area contributed by atoms with Crippen LogP contribution in [-0.2, 0) is 30.3 Å². The van der Waals surface area contributed by atoms with Gasteiger partial charge < -0.3 is 28.6 Å². The van der Waals surface area contributed by atoms with E-state index in [2.05, 4.69) is 18.7 Å². The number of benzene rings is 1. The Morgan fingerprint density at radius 1 is 0.808 bits per heavy atom. The molecule has 0 saturated heterocycles. The maximum absolute atomic E-state index is 8.79. The second kappa shape index (κ2) is 14.9. The average molecular weight is 372 g/mol. The smallest absolute Gasteiger partial charge is 0.165 e. The van der Waals surface area contributed by atoms with E-state index >= 15 is 0 Å². The Morgan fingerprint density at radius 3 is 1.85 bits per heavy atom. The highest BCUT2D eigenvalue weighted by Crippen LogP contribution is 2.24. The molecule has 0 aliphatic carbocycles. The van der Waals surface area contributed by atoms with Crippen LogP contribution < -0.4 is 4.89 Å². The van der Waals surface area contributed by atoms with E-state index in [-0.39, 0.29) is 0 Å². The van der Waals surface area contributed by atoms with Crippen molar-refractivity contribution in [2.45, 2.75) is 26.4 Å². The monoisotopic (exact) mass is 372 g/mol. The van der Waals surface area contributed by atoms with Crippen LogP contribution in [0.1, 0.15) is 30.9 Å². The van der Waals surface area contributed by atoms with Crippen molar-refractivity contribution in [2.75, 3.05) is 60.0 Å². The molecule has 0 bridgehead atoms. The van der Waals surface area contributed by atoms with Gasteiger partial charge in [-0.1, -0.05) is 19.9 Å². The normalized spacial score (nSPS) is 11.3. The van der Waals surface area contributed by atoms with Gasteiger partial charge in [0.05, 0.1) is 59.5 Å². The highest BCUT2D eigenvalue weighted by atomic mass is 17.1. The lowest BCUT2D eigenvalue weighted by Crippen LogP contribution is -2.13. The molecular formula is C19H32O7. The Kier molecular flexibility index (Phi) is 13.1. The summed E-state index contributed by atoms with van der Waals surface area (Å²) in [6, 6.07) is 5.48. The van der Waals surface area contributed by atoms with E-state index in [1.54, 1.807) is 19.2 Å². The molecule has 0 aromatic heterocycles. The second-order valence-electron chi connectivity index (χ2n) is 5.99. The summed E-state index contributed by atoms with van der Waals surface area (Å²) in [7, 11) is 1.64. The minimum atomic E-state index is 0.369. The first-order chi connectivity index (χ1) is 12.7. The summed E-state index contributed by atoms with van der Waals surface area (Å²) in [4.78, 5) is 4.30. The first-order valence-electron chi connectivity index (χ1n) is 8.93. The zero-order valence-electron chi connectivity index (χ0n) is 16.1. The third-order valence-electron chi connectivity index (χ3n) is 3.65. The summed E-state index contributed by atoms with van der Waals surface area (Å²) >= 11 is 0. The molecule has 1 aromatic rings. The van der Waals surface area contributed by atoms with Crippen LogP contribution in [0.4, 0.5) is 0 Å². The van der Waals surface area contributed by atoms with Gasteiger partial charge in [0, 0.05) is 7.11 Å². The molecule has 0 spiro atoms. The van der Waals surface area contributed by atoms with Gasteiger partial charge in [0.1, 0.15) is 0 Å². The molecule has 150 valence electrons. The number of hydrogen-bond donors (Lipinski definition) is 1. The number of ether oxygens (including phenoxy) is 5. The Morgan fingerprint density at radius 2 is 1.35 bits per heavy atom. The largest absolute Gasteiger partial charge is 0.382 e. The van der Waals surface area contributed by atoms with Crippen molar-refractivity contribution < 1.29 is 33.8 Å². The number of methoxy groups -OCH3 is 1. The maximum Gasteiger partial charge on any atom is 0.165 e. The molecular weight excluding hydrogens is 340 g/mol. The van der Waals surface area contributed by atoms with Crippen molar-refractivity contribution in [3.63, 3.8) is 0 Å². The molecule has 0 aliphatic rings. The van der Waals surface area contributed by atoms with Crippen LogP contribution in [0.25, 0.3) is 0 Å². The minimum Gasteiger partial charge on any atom is -0.382 e. The fourth-order valence-corrected chi connectivity index (χ4v) is 2.31. The third-order valence-corrected chi connectivity index (χ3v) is 3.65. The van der Waals surface area contributed by atoms with Crippen molar-refractivity contribution >= 4 is 0 Å². The maximum atomic E-state index is 8.79. The van der Waals surface area contributed by atoms with Gasteiger partial charge in [-0.15, -0.1) is 0 Å². The molecule has 7 heteroatoms. The summed E-state index contributed by atoms with van der Waals surface area (Å²) in [6.45, 7) is 9.00. The van der Waals surface area contributed by atoms with E-state index in [0.29, 0.717) is 71.1 Å². The fourth-order valence-electron chi connectivity index (χ4n) is 2.31. The predicted octanol–water partition coefficient (Wildman–Crippen LogP) is 2.87. The number of hydrogen-bond acceptors (Lipinski definition) is 7. The van der Waals surface area contributed by atoms with Crippen molar-refractivity contribution in [2.24, 2.45) is 0 Å². The molecule has 26 heavy (non-hydrogen) atoms. The Balaban J connectivity index is 2.05. The van der Waals surface area contributed by atoms with Crippen molar-refractivity contribution in [3.05, 3.63) is 29.3 Å². The van der Waals surface area contributed by atoms with E-state index in [4.69, 9.17) is 28.9 Å². The predicted molar refractivity (Wildman–Crippen MR) is 97.8 cm³/mol. The Labute approximate surface area is 156 Å². The molecule has 0 amide bonds. The van der Waals surface area contributed by atoms with E-state index in [9.17, 15) is 0 Å². The molecule has 0 aliphatic heterocycles. The lowest BCUT2D eigenvalue weighted by Gasteiger charge is -2.14. The van der Waals surface area contributed by atoms with Crippen LogP contribution in [0.15, 0.2) is 18.2 Å². The molecule has 1 rings (SSSR count). The van der Waals surface area contributed by atoms with Crippen molar-refractivity contribution in [1.29, 1.82) is 0 Å². The van der Waals surface area contributed by atoms with Crippen LogP contribution in [-0.4, -0.2) is 65.2 Å². The van der Waals surface area contributed by atoms with E-state index in [0.717, 1.165) is 5.56 Å². The molecule has 1 N–H and O–H groups in total. The van der Waals surface area contributed by atoms with E-state index < -0.39 is 0 Å². The van der Waals surface area contributed by atoms with Crippen LogP contribution in [0, 0.1) is 0 Å². The molecule has 0 heterocycles. The van der Waals surface area contributed by atoms with Gasteiger partial charge in [-0.25, -0.2) is 5.26 Å². The van der Waals surface area contributed by atoms with Gasteiger partial charge in [-0.2, -0.15) is 0 Å². The number of rotatable bonds is 16. The summed E-state index contributed by atoms with van der Waals surface area (Å²) in [5, 5.41) is 8.79. The molecule has 1 aromatic carbocycles. The fraction of sp³-hybridized carbons (Fsp3) is 0.684. The van der Waals surface area contributed by atoms with Gasteiger partial charge >= 0.3 is 0 Å². The molecule has 0 atom stereocenters. The van der Waals surface area contributed by atoms with Crippen LogP contribution in [0.2, 0.25) is 0 Å². The Hall–Kier alpha value is -1.22. The highest BCUT2D eigenvalue weighted by Gasteiger charge is 2.08. The first kappa shape index (κ1) is 22.8.